The number of hydrogen-bond donors (Lipinski definition) is 2. The van der Waals surface area contributed by atoms with Gasteiger partial charge in [0.2, 0.25) is 5.88 Å². The summed E-state index contributed by atoms with van der Waals surface area (Å²) in [5.41, 5.74) is 2.80. The second-order valence-corrected chi connectivity index (χ2v) is 6.65. The molecule has 0 bridgehead atoms. The molecule has 1 atom stereocenters. The Morgan fingerprint density at radius 1 is 1.30 bits per heavy atom. The number of imidazole rings is 1. The first-order chi connectivity index (χ1) is 11.3. The predicted octanol–water partition coefficient (Wildman–Crippen LogP) is 3.01. The summed E-state index contributed by atoms with van der Waals surface area (Å²) < 4.78 is 5.48. The van der Waals surface area contributed by atoms with Gasteiger partial charge < -0.3 is 15.0 Å². The first-order valence-corrected chi connectivity index (χ1v) is 8.81. The minimum atomic E-state index is 0.280. The summed E-state index contributed by atoms with van der Waals surface area (Å²) in [5.74, 6) is 3.79. The molecular weight excluding hydrogens is 308 g/mol. The number of benzene rings is 1. The quantitative estimate of drug-likeness (QED) is 0.775. The number of rotatable bonds is 3. The maximum Gasteiger partial charge on any atom is 0.223 e. The van der Waals surface area contributed by atoms with Crippen LogP contribution < -0.4 is 10.1 Å². The monoisotopic (exact) mass is 326 g/mol. The smallest absolute Gasteiger partial charge is 0.223 e. The summed E-state index contributed by atoms with van der Waals surface area (Å²) in [7, 11) is 1.65. The van der Waals surface area contributed by atoms with Crippen LogP contribution in [0, 0.1) is 0 Å². The van der Waals surface area contributed by atoms with Crippen molar-refractivity contribution >= 4 is 22.7 Å². The van der Waals surface area contributed by atoms with Crippen LogP contribution in [-0.2, 0) is 0 Å². The highest BCUT2D eigenvalue weighted by Gasteiger charge is 2.19. The highest BCUT2D eigenvalue weighted by molar-refractivity contribution is 7.99. The molecule has 0 aliphatic carbocycles. The number of ether oxygens (including phenoxy) is 1. The van der Waals surface area contributed by atoms with E-state index in [9.17, 15) is 0 Å². The molecule has 1 aromatic carbocycles. The molecule has 5 nitrogen and oxygen atoms in total. The third kappa shape index (κ3) is 2.80. The van der Waals surface area contributed by atoms with Gasteiger partial charge in [0.15, 0.2) is 0 Å². The van der Waals surface area contributed by atoms with E-state index in [4.69, 9.17) is 4.74 Å². The summed E-state index contributed by atoms with van der Waals surface area (Å²) >= 11 is 1.95. The summed E-state index contributed by atoms with van der Waals surface area (Å²) in [6.07, 6.45) is 1.87. The molecule has 118 valence electrons. The number of thioether (sulfide) groups is 1. The van der Waals surface area contributed by atoms with Crippen LogP contribution >= 0.6 is 11.8 Å². The van der Waals surface area contributed by atoms with Crippen molar-refractivity contribution in [3.63, 3.8) is 0 Å². The number of pyridine rings is 1. The molecule has 1 unspecified atom stereocenters. The Hall–Kier alpha value is -2.05. The van der Waals surface area contributed by atoms with Crippen molar-refractivity contribution in [2.24, 2.45) is 0 Å². The van der Waals surface area contributed by atoms with E-state index in [1.165, 1.54) is 0 Å². The number of fused-ring (bicyclic) bond motifs is 1. The normalized spacial score (nSPS) is 18.2. The number of methoxy groups -OCH3 is 1. The fraction of sp³-hybridized carbons (Fsp3) is 0.294. The first kappa shape index (κ1) is 14.5. The highest BCUT2D eigenvalue weighted by atomic mass is 32.2. The maximum atomic E-state index is 5.48. The molecule has 0 spiro atoms. The van der Waals surface area contributed by atoms with Crippen LogP contribution in [0.4, 0.5) is 0 Å². The van der Waals surface area contributed by atoms with Gasteiger partial charge in [0.1, 0.15) is 5.82 Å². The number of para-hydroxylation sites is 1. The van der Waals surface area contributed by atoms with Crippen LogP contribution in [0.25, 0.3) is 22.2 Å². The lowest BCUT2D eigenvalue weighted by Gasteiger charge is -2.21. The van der Waals surface area contributed by atoms with Crippen molar-refractivity contribution in [3.05, 3.63) is 42.4 Å². The van der Waals surface area contributed by atoms with Gasteiger partial charge in [0, 0.05) is 23.4 Å². The molecule has 4 rings (SSSR count). The molecule has 1 aliphatic heterocycles. The minimum Gasteiger partial charge on any atom is -0.480 e. The van der Waals surface area contributed by atoms with Crippen LogP contribution in [0.15, 0.2) is 36.5 Å². The molecule has 0 amide bonds. The molecule has 1 saturated heterocycles. The van der Waals surface area contributed by atoms with E-state index >= 15 is 0 Å². The van der Waals surface area contributed by atoms with Crippen molar-refractivity contribution in [2.45, 2.75) is 6.04 Å². The average Bonchev–Trinajstić information content (AvgIpc) is 3.11. The molecule has 3 heterocycles. The van der Waals surface area contributed by atoms with Gasteiger partial charge in [-0.25, -0.2) is 9.97 Å². The Kier molecular flexibility index (Phi) is 3.93. The second-order valence-electron chi connectivity index (χ2n) is 5.50. The third-order valence-electron chi connectivity index (χ3n) is 4.02. The third-order valence-corrected chi connectivity index (χ3v) is 5.08. The Morgan fingerprint density at radius 3 is 3.04 bits per heavy atom. The van der Waals surface area contributed by atoms with Gasteiger partial charge in [-0.05, 0) is 12.1 Å². The molecule has 0 saturated carbocycles. The molecule has 0 radical (unpaired) electrons. The van der Waals surface area contributed by atoms with Crippen molar-refractivity contribution in [1.29, 1.82) is 0 Å². The van der Waals surface area contributed by atoms with Crippen molar-refractivity contribution < 1.29 is 4.74 Å². The standard InChI is InChI=1S/C17H18N4OS/c1-22-17-12(8-11-4-2-3-5-13(11)21-17)14-9-19-16(20-14)15-10-23-7-6-18-15/h2-5,8-9,15,18H,6-7,10H2,1H3,(H,19,20). The van der Waals surface area contributed by atoms with E-state index in [1.54, 1.807) is 7.11 Å². The predicted molar refractivity (Wildman–Crippen MR) is 93.9 cm³/mol. The first-order valence-electron chi connectivity index (χ1n) is 7.65. The van der Waals surface area contributed by atoms with Gasteiger partial charge in [-0.1, -0.05) is 18.2 Å². The molecule has 2 aromatic heterocycles. The van der Waals surface area contributed by atoms with E-state index in [-0.39, 0.29) is 6.04 Å². The highest BCUT2D eigenvalue weighted by Crippen LogP contribution is 2.31. The van der Waals surface area contributed by atoms with Crippen LogP contribution in [0.1, 0.15) is 11.9 Å². The zero-order valence-corrected chi connectivity index (χ0v) is 13.7. The Bertz CT molecular complexity index is 826. The lowest BCUT2D eigenvalue weighted by Crippen LogP contribution is -2.30. The van der Waals surface area contributed by atoms with Crippen molar-refractivity contribution in [3.8, 4) is 17.1 Å². The fourth-order valence-corrected chi connectivity index (χ4v) is 3.78. The average molecular weight is 326 g/mol. The number of aromatic nitrogens is 3. The molecule has 3 aromatic rings. The number of nitrogens with one attached hydrogen (secondary N) is 2. The van der Waals surface area contributed by atoms with Gasteiger partial charge in [0.05, 0.1) is 36.1 Å². The summed E-state index contributed by atoms with van der Waals surface area (Å²) in [6, 6.07) is 10.4. The topological polar surface area (TPSA) is 62.8 Å². The van der Waals surface area contributed by atoms with Gasteiger partial charge in [-0.3, -0.25) is 0 Å². The van der Waals surface area contributed by atoms with E-state index in [0.29, 0.717) is 5.88 Å². The zero-order valence-electron chi connectivity index (χ0n) is 12.9. The van der Waals surface area contributed by atoms with E-state index in [2.05, 4.69) is 32.4 Å². The van der Waals surface area contributed by atoms with Gasteiger partial charge in [-0.2, -0.15) is 11.8 Å². The fourth-order valence-electron chi connectivity index (χ4n) is 2.84. The van der Waals surface area contributed by atoms with E-state index in [1.807, 2.05) is 36.2 Å². The maximum absolute atomic E-state index is 5.48. The molecule has 6 heteroatoms. The van der Waals surface area contributed by atoms with Crippen LogP contribution in [0.2, 0.25) is 0 Å². The summed E-state index contributed by atoms with van der Waals surface area (Å²) in [6.45, 7) is 1.02. The lowest BCUT2D eigenvalue weighted by atomic mass is 10.1. The number of nitrogens with zero attached hydrogens (tertiary/aromatic N) is 2. The summed E-state index contributed by atoms with van der Waals surface area (Å²) in [5, 5.41) is 4.59. The van der Waals surface area contributed by atoms with Crippen molar-refractivity contribution in [1.82, 2.24) is 20.3 Å². The van der Waals surface area contributed by atoms with E-state index in [0.717, 1.165) is 46.0 Å². The largest absolute Gasteiger partial charge is 0.480 e. The second kappa shape index (κ2) is 6.22. The van der Waals surface area contributed by atoms with Crippen molar-refractivity contribution in [2.75, 3.05) is 25.2 Å². The zero-order chi connectivity index (χ0) is 15.6. The molecule has 23 heavy (non-hydrogen) atoms. The Labute approximate surface area is 138 Å². The minimum absolute atomic E-state index is 0.280. The molecule has 1 fully saturated rings. The number of H-pyrrole nitrogens is 1. The SMILES string of the molecule is COc1nc2ccccc2cc1-c1cnc(C2CSCCN2)[nH]1. The lowest BCUT2D eigenvalue weighted by molar-refractivity contribution is 0.401. The van der Waals surface area contributed by atoms with Gasteiger partial charge >= 0.3 is 0 Å². The Morgan fingerprint density at radius 2 is 2.22 bits per heavy atom. The Balaban J connectivity index is 1.74. The molecular formula is C17H18N4OS. The summed E-state index contributed by atoms with van der Waals surface area (Å²) in [4.78, 5) is 12.6. The van der Waals surface area contributed by atoms with Gasteiger partial charge in [-0.15, -0.1) is 0 Å². The number of aromatic amines is 1. The van der Waals surface area contributed by atoms with Gasteiger partial charge in [0.25, 0.3) is 0 Å². The van der Waals surface area contributed by atoms with E-state index < -0.39 is 0 Å². The van der Waals surface area contributed by atoms with Crippen LogP contribution in [0.5, 0.6) is 5.88 Å². The van der Waals surface area contributed by atoms with Crippen LogP contribution in [-0.4, -0.2) is 40.1 Å². The number of hydrogen-bond acceptors (Lipinski definition) is 5. The van der Waals surface area contributed by atoms with Crippen LogP contribution in [0.3, 0.4) is 0 Å². The molecule has 1 aliphatic rings. The molecule has 2 N–H and O–H groups in total.